The molecule has 2 aliphatic heterocycles. The Kier molecular flexibility index (Phi) is 9.23. The number of halogens is 3. The van der Waals surface area contributed by atoms with Crippen LogP contribution < -0.4 is 0 Å². The molecule has 8 heteroatoms. The van der Waals surface area contributed by atoms with Gasteiger partial charge in [0.1, 0.15) is 12.4 Å². The highest BCUT2D eigenvalue weighted by molar-refractivity contribution is 7.99. The average Bonchev–Trinajstić information content (AvgIpc) is 2.84. The molecule has 1 N–H and O–H groups in total. The van der Waals surface area contributed by atoms with E-state index in [-0.39, 0.29) is 54.5 Å². The molecule has 2 aromatic rings. The first-order chi connectivity index (χ1) is 13.9. The molecule has 0 saturated carbocycles. The summed E-state index contributed by atoms with van der Waals surface area (Å²) in [6.45, 7) is 7.02. The number of benzene rings is 2. The molecule has 0 radical (unpaired) electrons. The van der Waals surface area contributed by atoms with Gasteiger partial charge in [0.2, 0.25) is 0 Å². The minimum Gasteiger partial charge on any atom is -0.633 e. The van der Waals surface area contributed by atoms with Crippen molar-refractivity contribution >= 4 is 36.6 Å². The van der Waals surface area contributed by atoms with Gasteiger partial charge in [0.25, 0.3) is 0 Å². The molecule has 4 rings (SSSR count). The summed E-state index contributed by atoms with van der Waals surface area (Å²) in [5.41, 5.74) is 3.75. The predicted octanol–water partition coefficient (Wildman–Crippen LogP) is 5.16. The van der Waals surface area contributed by atoms with E-state index in [0.717, 1.165) is 16.9 Å². The molecule has 1 fully saturated rings. The van der Waals surface area contributed by atoms with Gasteiger partial charge in [-0.2, -0.15) is 0 Å². The molecule has 1 saturated heterocycles. The van der Waals surface area contributed by atoms with E-state index >= 15 is 0 Å². The van der Waals surface area contributed by atoms with Crippen LogP contribution in [0.4, 0.5) is 4.39 Å². The van der Waals surface area contributed by atoms with Crippen LogP contribution in [-0.4, -0.2) is 54.0 Å². The van der Waals surface area contributed by atoms with Crippen LogP contribution in [0.3, 0.4) is 0 Å². The second-order valence-corrected chi connectivity index (χ2v) is 9.60. The maximum absolute atomic E-state index is 13.9. The first kappa shape index (κ1) is 26.4. The van der Waals surface area contributed by atoms with Gasteiger partial charge >= 0.3 is 0 Å². The molecule has 0 aliphatic carbocycles. The fraction of sp³-hybridized carbons (Fsp3) is 0.478. The second kappa shape index (κ2) is 10.8. The third kappa shape index (κ3) is 5.74. The van der Waals surface area contributed by atoms with Gasteiger partial charge in [0.05, 0.1) is 19.7 Å². The smallest absolute Gasteiger partial charge is 0.124 e. The summed E-state index contributed by atoms with van der Waals surface area (Å²) in [7, 11) is 0. The van der Waals surface area contributed by atoms with Gasteiger partial charge in [0.15, 0.2) is 0 Å². The maximum atomic E-state index is 13.9. The van der Waals surface area contributed by atoms with E-state index in [2.05, 4.69) is 36.9 Å². The number of hydrogen-bond acceptors (Lipinski definition) is 4. The zero-order valence-electron chi connectivity index (χ0n) is 17.9. The fourth-order valence-corrected chi connectivity index (χ4v) is 5.54. The summed E-state index contributed by atoms with van der Waals surface area (Å²) in [6.07, 6.45) is 0.815. The van der Waals surface area contributed by atoms with E-state index in [1.54, 1.807) is 23.9 Å². The molecule has 1 unspecified atom stereocenters. The van der Waals surface area contributed by atoms with Crippen molar-refractivity contribution in [2.75, 3.05) is 39.3 Å². The number of piperazine rings is 1. The number of aliphatic hydroxyl groups is 1. The number of hydrogen-bond donors (Lipinski definition) is 1. The van der Waals surface area contributed by atoms with Crippen LogP contribution in [-0.2, 0) is 6.42 Å². The van der Waals surface area contributed by atoms with Gasteiger partial charge in [-0.15, -0.1) is 24.8 Å². The lowest BCUT2D eigenvalue weighted by Crippen LogP contribution is -2.57. The lowest BCUT2D eigenvalue weighted by molar-refractivity contribution is -0.885. The van der Waals surface area contributed by atoms with Gasteiger partial charge < -0.3 is 15.0 Å². The van der Waals surface area contributed by atoms with E-state index in [4.69, 9.17) is 0 Å². The third-order valence-electron chi connectivity index (χ3n) is 6.26. The van der Waals surface area contributed by atoms with E-state index in [0.29, 0.717) is 32.1 Å². The minimum absolute atomic E-state index is 0. The van der Waals surface area contributed by atoms with Gasteiger partial charge in [-0.1, -0.05) is 43.8 Å². The lowest BCUT2D eigenvalue weighted by Gasteiger charge is -2.49. The Hall–Kier alpha value is -0.860. The summed E-state index contributed by atoms with van der Waals surface area (Å²) in [5.74, 6) is 0.233. The number of hydroxylamine groups is 3. The Labute approximate surface area is 200 Å². The monoisotopic (exact) mass is 488 g/mol. The molecule has 0 aromatic heterocycles. The summed E-state index contributed by atoms with van der Waals surface area (Å²) in [6, 6.07) is 11.9. The minimum atomic E-state index is -0.310. The maximum Gasteiger partial charge on any atom is 0.124 e. The largest absolute Gasteiger partial charge is 0.633 e. The molecule has 2 aliphatic rings. The van der Waals surface area contributed by atoms with Crippen LogP contribution in [0, 0.1) is 11.0 Å². The second-order valence-electron chi connectivity index (χ2n) is 8.51. The van der Waals surface area contributed by atoms with Crippen molar-refractivity contribution in [3.05, 3.63) is 64.1 Å². The van der Waals surface area contributed by atoms with Crippen LogP contribution in [0.1, 0.15) is 42.5 Å². The van der Waals surface area contributed by atoms with Crippen molar-refractivity contribution in [1.82, 2.24) is 4.90 Å². The van der Waals surface area contributed by atoms with Gasteiger partial charge in [-0.25, -0.2) is 4.39 Å². The standard InChI is InChI=1S/C23H29FN2O2S.2ClH/c1-16(2)17-4-6-22-20(13-17)21(14-18-3-5-19(24)15-23(18)29-22)25-7-9-26(28,10-8-25)11-12-27;;/h3-6,13,15-16,21,27H,7-12,14H2,1-2H3;2*1H. The Balaban J connectivity index is 0.00000171. The molecule has 1 atom stereocenters. The molecule has 0 bridgehead atoms. The highest BCUT2D eigenvalue weighted by atomic mass is 35.5. The van der Waals surface area contributed by atoms with E-state index in [9.17, 15) is 14.7 Å². The van der Waals surface area contributed by atoms with Crippen molar-refractivity contribution in [2.24, 2.45) is 0 Å². The summed E-state index contributed by atoms with van der Waals surface area (Å²) < 4.78 is 13.6. The number of rotatable bonds is 4. The predicted molar refractivity (Wildman–Crippen MR) is 129 cm³/mol. The van der Waals surface area contributed by atoms with E-state index in [1.807, 2.05) is 6.07 Å². The number of nitrogens with zero attached hydrogens (tertiary/aromatic N) is 2. The van der Waals surface area contributed by atoms with Crippen molar-refractivity contribution in [3.63, 3.8) is 0 Å². The lowest BCUT2D eigenvalue weighted by atomic mass is 9.93. The summed E-state index contributed by atoms with van der Waals surface area (Å²) in [4.78, 5) is 4.57. The zero-order chi connectivity index (χ0) is 20.6. The number of fused-ring (bicyclic) bond motifs is 2. The van der Waals surface area contributed by atoms with E-state index in [1.165, 1.54) is 16.0 Å². The molecule has 172 valence electrons. The zero-order valence-corrected chi connectivity index (χ0v) is 20.4. The molecule has 2 heterocycles. The van der Waals surface area contributed by atoms with Crippen LogP contribution in [0.5, 0.6) is 0 Å². The molecular formula is C23H31Cl2FN2O2S. The fourth-order valence-electron chi connectivity index (χ4n) is 4.40. The number of quaternary nitrogens is 1. The van der Waals surface area contributed by atoms with Gasteiger partial charge in [-0.05, 0) is 47.2 Å². The quantitative estimate of drug-likeness (QED) is 0.476. The van der Waals surface area contributed by atoms with Gasteiger partial charge in [0, 0.05) is 28.9 Å². The first-order valence-corrected chi connectivity index (χ1v) is 11.2. The molecule has 0 spiro atoms. The van der Waals surface area contributed by atoms with Gasteiger partial charge in [-0.3, -0.25) is 4.90 Å². The highest BCUT2D eigenvalue weighted by Gasteiger charge is 2.33. The van der Waals surface area contributed by atoms with Crippen LogP contribution >= 0.6 is 36.6 Å². The van der Waals surface area contributed by atoms with Crippen LogP contribution in [0.25, 0.3) is 0 Å². The Morgan fingerprint density at radius 3 is 2.48 bits per heavy atom. The molecule has 0 amide bonds. The average molecular weight is 489 g/mol. The SMILES string of the molecule is CC(C)c1ccc2c(c1)C(N1CC[N+]([O-])(CCO)CC1)Cc1ccc(F)cc1S2.Cl.Cl. The Bertz CT molecular complexity index is 892. The first-order valence-electron chi connectivity index (χ1n) is 10.4. The summed E-state index contributed by atoms with van der Waals surface area (Å²) in [5, 5.41) is 22.0. The van der Waals surface area contributed by atoms with Crippen molar-refractivity contribution in [1.29, 1.82) is 0 Å². The molecule has 31 heavy (non-hydrogen) atoms. The van der Waals surface area contributed by atoms with Crippen LogP contribution in [0.2, 0.25) is 0 Å². The molecular weight excluding hydrogens is 458 g/mol. The molecule has 4 nitrogen and oxygen atoms in total. The van der Waals surface area contributed by atoms with Crippen LogP contribution in [0.15, 0.2) is 46.2 Å². The Morgan fingerprint density at radius 2 is 1.84 bits per heavy atom. The van der Waals surface area contributed by atoms with E-state index < -0.39 is 0 Å². The van der Waals surface area contributed by atoms with Crippen molar-refractivity contribution in [2.45, 2.75) is 42.0 Å². The topological polar surface area (TPSA) is 46.5 Å². The third-order valence-corrected chi connectivity index (χ3v) is 7.45. The Morgan fingerprint density at radius 1 is 1.13 bits per heavy atom. The van der Waals surface area contributed by atoms with Crippen molar-refractivity contribution < 1.29 is 14.1 Å². The summed E-state index contributed by atoms with van der Waals surface area (Å²) >= 11 is 1.65. The van der Waals surface area contributed by atoms with Crippen molar-refractivity contribution in [3.8, 4) is 0 Å². The highest BCUT2D eigenvalue weighted by Crippen LogP contribution is 2.44. The molecule has 2 aromatic carbocycles. The normalized spacial score (nSPS) is 20.1. The number of aliphatic hydroxyl groups excluding tert-OH is 1.